The van der Waals surface area contributed by atoms with Crippen LogP contribution in [0.3, 0.4) is 0 Å². The Kier molecular flexibility index (Phi) is 3.43. The molecule has 94 valence electrons. The first kappa shape index (κ1) is 12.7. The SMILES string of the molecule is CC(=O)NC(C)c1nc2ccc(C(C)=O)cc2s1. The van der Waals surface area contributed by atoms with Crippen LogP contribution in [0.4, 0.5) is 0 Å². The first-order valence-electron chi connectivity index (χ1n) is 5.66. The number of ketones is 1. The smallest absolute Gasteiger partial charge is 0.217 e. The number of Topliss-reactive ketones (excluding diaryl/α,β-unsaturated/α-hetero) is 1. The van der Waals surface area contributed by atoms with E-state index in [0.717, 1.165) is 15.2 Å². The highest BCUT2D eigenvalue weighted by Crippen LogP contribution is 2.27. The van der Waals surface area contributed by atoms with Gasteiger partial charge in [0.25, 0.3) is 0 Å². The van der Waals surface area contributed by atoms with Crippen LogP contribution < -0.4 is 5.32 Å². The van der Waals surface area contributed by atoms with E-state index < -0.39 is 0 Å². The van der Waals surface area contributed by atoms with Crippen LogP contribution >= 0.6 is 11.3 Å². The van der Waals surface area contributed by atoms with Gasteiger partial charge in [-0.2, -0.15) is 0 Å². The summed E-state index contributed by atoms with van der Waals surface area (Å²) >= 11 is 1.50. The van der Waals surface area contributed by atoms with Gasteiger partial charge in [-0.25, -0.2) is 4.98 Å². The highest BCUT2D eigenvalue weighted by atomic mass is 32.1. The molecule has 0 aliphatic carbocycles. The lowest BCUT2D eigenvalue weighted by Crippen LogP contribution is -2.23. The van der Waals surface area contributed by atoms with Gasteiger partial charge in [-0.05, 0) is 32.0 Å². The van der Waals surface area contributed by atoms with Gasteiger partial charge in [0, 0.05) is 12.5 Å². The van der Waals surface area contributed by atoms with Crippen LogP contribution in [0, 0.1) is 0 Å². The summed E-state index contributed by atoms with van der Waals surface area (Å²) in [5.74, 6) is -0.0343. The number of rotatable bonds is 3. The van der Waals surface area contributed by atoms with E-state index in [1.807, 2.05) is 19.1 Å². The summed E-state index contributed by atoms with van der Waals surface area (Å²) in [7, 11) is 0. The molecule has 2 rings (SSSR count). The van der Waals surface area contributed by atoms with E-state index in [2.05, 4.69) is 10.3 Å². The Morgan fingerprint density at radius 2 is 2.06 bits per heavy atom. The predicted octanol–water partition coefficient (Wildman–Crippen LogP) is 2.70. The average Bonchev–Trinajstić information content (AvgIpc) is 2.70. The second-order valence-electron chi connectivity index (χ2n) is 4.21. The third-order valence-corrected chi connectivity index (χ3v) is 3.80. The molecule has 1 heterocycles. The van der Waals surface area contributed by atoms with Crippen LogP contribution in [-0.2, 0) is 4.79 Å². The highest BCUT2D eigenvalue weighted by molar-refractivity contribution is 7.18. The predicted molar refractivity (Wildman–Crippen MR) is 71.9 cm³/mol. The maximum Gasteiger partial charge on any atom is 0.217 e. The van der Waals surface area contributed by atoms with Crippen molar-refractivity contribution < 1.29 is 9.59 Å². The molecule has 0 saturated heterocycles. The maximum absolute atomic E-state index is 11.3. The monoisotopic (exact) mass is 262 g/mol. The molecule has 1 amide bonds. The summed E-state index contributed by atoms with van der Waals surface area (Å²) in [5, 5.41) is 3.65. The number of hydrogen-bond donors (Lipinski definition) is 1. The average molecular weight is 262 g/mol. The Morgan fingerprint density at radius 3 is 2.67 bits per heavy atom. The van der Waals surface area contributed by atoms with Gasteiger partial charge in [0.2, 0.25) is 5.91 Å². The number of carbonyl (C=O) groups is 2. The molecule has 0 radical (unpaired) electrons. The number of nitrogens with one attached hydrogen (secondary N) is 1. The first-order chi connectivity index (χ1) is 8.47. The summed E-state index contributed by atoms with van der Waals surface area (Å²) in [6.45, 7) is 4.92. The largest absolute Gasteiger partial charge is 0.347 e. The fourth-order valence-electron chi connectivity index (χ4n) is 1.71. The van der Waals surface area contributed by atoms with Crippen molar-refractivity contribution in [2.45, 2.75) is 26.8 Å². The zero-order valence-corrected chi connectivity index (χ0v) is 11.3. The molecule has 1 unspecified atom stereocenters. The van der Waals surface area contributed by atoms with Gasteiger partial charge < -0.3 is 5.32 Å². The quantitative estimate of drug-likeness (QED) is 0.865. The molecule has 0 aliphatic rings. The van der Waals surface area contributed by atoms with Crippen molar-refractivity contribution in [3.05, 3.63) is 28.8 Å². The Morgan fingerprint density at radius 1 is 1.33 bits per heavy atom. The van der Waals surface area contributed by atoms with Gasteiger partial charge in [0.15, 0.2) is 5.78 Å². The zero-order chi connectivity index (χ0) is 13.3. The summed E-state index contributed by atoms with van der Waals surface area (Å²) in [6.07, 6.45) is 0. The molecule has 1 N–H and O–H groups in total. The third-order valence-electron chi connectivity index (χ3n) is 2.60. The topological polar surface area (TPSA) is 59.1 Å². The Hall–Kier alpha value is -1.75. The van der Waals surface area contributed by atoms with Crippen molar-refractivity contribution in [1.82, 2.24) is 10.3 Å². The second-order valence-corrected chi connectivity index (χ2v) is 5.28. The normalized spacial score (nSPS) is 12.4. The Balaban J connectivity index is 2.38. The van der Waals surface area contributed by atoms with E-state index in [1.165, 1.54) is 18.3 Å². The molecule has 0 spiro atoms. The number of amides is 1. The van der Waals surface area contributed by atoms with Gasteiger partial charge in [0.1, 0.15) is 5.01 Å². The number of thiazole rings is 1. The fourth-order valence-corrected chi connectivity index (χ4v) is 2.72. The standard InChI is InChI=1S/C13H14N2O2S/c1-7(14-9(3)17)13-15-11-5-4-10(8(2)16)6-12(11)18-13/h4-7H,1-3H3,(H,14,17). The molecule has 2 aromatic rings. The molecule has 5 heteroatoms. The van der Waals surface area contributed by atoms with E-state index in [9.17, 15) is 9.59 Å². The second kappa shape index (κ2) is 4.86. The minimum atomic E-state index is -0.110. The van der Waals surface area contributed by atoms with E-state index in [4.69, 9.17) is 0 Å². The van der Waals surface area contributed by atoms with Crippen molar-refractivity contribution in [2.75, 3.05) is 0 Å². The summed E-state index contributed by atoms with van der Waals surface area (Å²) in [5.41, 5.74) is 1.54. The summed E-state index contributed by atoms with van der Waals surface area (Å²) < 4.78 is 0.968. The fraction of sp³-hybridized carbons (Fsp3) is 0.308. The number of nitrogens with zero attached hydrogens (tertiary/aromatic N) is 1. The lowest BCUT2D eigenvalue weighted by atomic mass is 10.1. The Bertz CT molecular complexity index is 618. The molecule has 1 aromatic carbocycles. The minimum absolute atomic E-state index is 0.0433. The number of benzene rings is 1. The van der Waals surface area contributed by atoms with Crippen molar-refractivity contribution in [3.8, 4) is 0 Å². The summed E-state index contributed by atoms with van der Waals surface area (Å²) in [6, 6.07) is 5.35. The lowest BCUT2D eigenvalue weighted by Gasteiger charge is -2.07. The van der Waals surface area contributed by atoms with Crippen LogP contribution in [0.15, 0.2) is 18.2 Å². The Labute approximate surface area is 109 Å². The van der Waals surface area contributed by atoms with Crippen LogP contribution in [0.5, 0.6) is 0 Å². The van der Waals surface area contributed by atoms with E-state index in [0.29, 0.717) is 5.56 Å². The van der Waals surface area contributed by atoms with Crippen LogP contribution in [0.1, 0.15) is 42.2 Å². The number of hydrogen-bond acceptors (Lipinski definition) is 4. The third kappa shape index (κ3) is 2.56. The highest BCUT2D eigenvalue weighted by Gasteiger charge is 2.13. The van der Waals surface area contributed by atoms with Gasteiger partial charge in [0.05, 0.1) is 16.3 Å². The number of aromatic nitrogens is 1. The molecule has 1 aromatic heterocycles. The van der Waals surface area contributed by atoms with Crippen LogP contribution in [-0.4, -0.2) is 16.7 Å². The minimum Gasteiger partial charge on any atom is -0.347 e. The van der Waals surface area contributed by atoms with Gasteiger partial charge in [-0.1, -0.05) is 0 Å². The molecule has 18 heavy (non-hydrogen) atoms. The molecule has 0 bridgehead atoms. The first-order valence-corrected chi connectivity index (χ1v) is 6.47. The molecule has 0 saturated carbocycles. The van der Waals surface area contributed by atoms with Crippen LogP contribution in [0.25, 0.3) is 10.2 Å². The van der Waals surface area contributed by atoms with Crippen molar-refractivity contribution in [3.63, 3.8) is 0 Å². The van der Waals surface area contributed by atoms with Crippen molar-refractivity contribution >= 4 is 33.2 Å². The van der Waals surface area contributed by atoms with Crippen molar-refractivity contribution in [2.24, 2.45) is 0 Å². The number of fused-ring (bicyclic) bond motifs is 1. The summed E-state index contributed by atoms with van der Waals surface area (Å²) in [4.78, 5) is 26.8. The maximum atomic E-state index is 11.3. The lowest BCUT2D eigenvalue weighted by molar-refractivity contribution is -0.119. The number of carbonyl (C=O) groups excluding carboxylic acids is 2. The molecular formula is C13H14N2O2S. The molecule has 4 nitrogen and oxygen atoms in total. The van der Waals surface area contributed by atoms with Crippen LogP contribution in [0.2, 0.25) is 0 Å². The molecular weight excluding hydrogens is 248 g/mol. The van der Waals surface area contributed by atoms with Gasteiger partial charge in [-0.15, -0.1) is 11.3 Å². The van der Waals surface area contributed by atoms with Gasteiger partial charge >= 0.3 is 0 Å². The molecule has 1 atom stereocenters. The zero-order valence-electron chi connectivity index (χ0n) is 10.5. The van der Waals surface area contributed by atoms with E-state index in [1.54, 1.807) is 13.0 Å². The van der Waals surface area contributed by atoms with Gasteiger partial charge in [-0.3, -0.25) is 9.59 Å². The molecule has 0 aliphatic heterocycles. The van der Waals surface area contributed by atoms with E-state index >= 15 is 0 Å². The molecule has 0 fully saturated rings. The van der Waals surface area contributed by atoms with Crippen molar-refractivity contribution in [1.29, 1.82) is 0 Å². The van der Waals surface area contributed by atoms with E-state index in [-0.39, 0.29) is 17.7 Å².